The average molecular weight is 566 g/mol. The Morgan fingerprint density at radius 1 is 1.02 bits per heavy atom. The lowest BCUT2D eigenvalue weighted by molar-refractivity contribution is 0.158. The molecule has 1 N–H and O–H groups in total. The molecule has 0 aliphatic carbocycles. The number of nitrogens with zero attached hydrogens (tertiary/aromatic N) is 3. The maximum Gasteiger partial charge on any atom is 0.231 e. The molecule has 8 heteroatoms. The number of para-hydroxylation sites is 2. The van der Waals surface area contributed by atoms with Crippen LogP contribution < -0.4 is 14.2 Å². The Kier molecular flexibility index (Phi) is 5.66. The monoisotopic (exact) mass is 565 g/mol. The highest BCUT2D eigenvalue weighted by Gasteiger charge is 2.37. The molecule has 0 saturated carbocycles. The smallest absolute Gasteiger partial charge is 0.231 e. The van der Waals surface area contributed by atoms with E-state index in [0.717, 1.165) is 75.0 Å². The third-order valence-electron chi connectivity index (χ3n) is 8.75. The molecule has 4 aromatic carbocycles. The van der Waals surface area contributed by atoms with Gasteiger partial charge < -0.3 is 23.9 Å². The molecule has 0 saturated heterocycles. The SMILES string of the molecule is COc1cc(-c2nc3ccccc3n2Cc2ccccc2Cl)c2c(c1O)CN1CCc3cc4c(cc3C1C2)OCO4. The summed E-state index contributed by atoms with van der Waals surface area (Å²) in [6.07, 6.45) is 1.65. The maximum atomic E-state index is 11.4. The molecular weight excluding hydrogens is 538 g/mol. The van der Waals surface area contributed by atoms with Gasteiger partial charge in [-0.15, -0.1) is 0 Å². The van der Waals surface area contributed by atoms with Gasteiger partial charge in [0.25, 0.3) is 0 Å². The number of imidazole rings is 1. The van der Waals surface area contributed by atoms with Crippen molar-refractivity contribution in [2.75, 3.05) is 20.4 Å². The number of phenolic OH excluding ortho intramolecular Hbond substituents is 1. The predicted molar refractivity (Wildman–Crippen MR) is 157 cm³/mol. The van der Waals surface area contributed by atoms with Crippen molar-refractivity contribution in [3.05, 3.63) is 99.6 Å². The molecule has 0 spiro atoms. The van der Waals surface area contributed by atoms with Gasteiger partial charge in [-0.2, -0.15) is 0 Å². The van der Waals surface area contributed by atoms with Crippen LogP contribution >= 0.6 is 11.6 Å². The summed E-state index contributed by atoms with van der Waals surface area (Å²) in [4.78, 5) is 7.60. The molecule has 206 valence electrons. The summed E-state index contributed by atoms with van der Waals surface area (Å²) in [5.74, 6) is 3.11. The lowest BCUT2D eigenvalue weighted by Gasteiger charge is -2.42. The van der Waals surface area contributed by atoms with Crippen LogP contribution in [0.25, 0.3) is 22.4 Å². The summed E-state index contributed by atoms with van der Waals surface area (Å²) in [6.45, 7) is 2.34. The second kappa shape index (κ2) is 9.43. The van der Waals surface area contributed by atoms with E-state index in [4.69, 9.17) is 30.8 Å². The lowest BCUT2D eigenvalue weighted by atomic mass is 9.81. The minimum atomic E-state index is 0.147. The summed E-state index contributed by atoms with van der Waals surface area (Å²) in [6, 6.07) is 22.5. The summed E-state index contributed by atoms with van der Waals surface area (Å²) in [7, 11) is 1.60. The van der Waals surface area contributed by atoms with Gasteiger partial charge in [0.05, 0.1) is 24.7 Å². The highest BCUT2D eigenvalue weighted by Crippen LogP contribution is 2.49. The Labute approximate surface area is 242 Å². The molecule has 4 heterocycles. The lowest BCUT2D eigenvalue weighted by Crippen LogP contribution is -2.39. The van der Waals surface area contributed by atoms with Crippen molar-refractivity contribution in [1.82, 2.24) is 14.5 Å². The molecule has 5 aromatic rings. The van der Waals surface area contributed by atoms with Crippen LogP contribution in [0.3, 0.4) is 0 Å². The van der Waals surface area contributed by atoms with E-state index in [1.807, 2.05) is 42.5 Å². The number of phenols is 1. The molecular formula is C33H28ClN3O4. The van der Waals surface area contributed by atoms with Crippen molar-refractivity contribution in [3.8, 4) is 34.4 Å². The number of rotatable bonds is 4. The molecule has 1 aromatic heterocycles. The zero-order valence-electron chi connectivity index (χ0n) is 22.6. The average Bonchev–Trinajstić information content (AvgIpc) is 3.61. The summed E-state index contributed by atoms with van der Waals surface area (Å²) in [5, 5.41) is 12.1. The summed E-state index contributed by atoms with van der Waals surface area (Å²) >= 11 is 6.63. The second-order valence-corrected chi connectivity index (χ2v) is 11.3. The van der Waals surface area contributed by atoms with Gasteiger partial charge in [-0.3, -0.25) is 4.90 Å². The van der Waals surface area contributed by atoms with Gasteiger partial charge in [0, 0.05) is 35.3 Å². The zero-order chi connectivity index (χ0) is 27.7. The first-order chi connectivity index (χ1) is 20.1. The third-order valence-corrected chi connectivity index (χ3v) is 9.12. The normalized spacial score (nSPS) is 17.3. The number of fused-ring (bicyclic) bond motifs is 6. The number of halogens is 1. The largest absolute Gasteiger partial charge is 0.504 e. The molecule has 1 unspecified atom stereocenters. The fourth-order valence-corrected chi connectivity index (χ4v) is 6.90. The third kappa shape index (κ3) is 3.87. The number of hydrogen-bond donors (Lipinski definition) is 1. The first-order valence-electron chi connectivity index (χ1n) is 13.9. The fraction of sp³-hybridized carbons (Fsp3) is 0.242. The minimum Gasteiger partial charge on any atom is -0.504 e. The van der Waals surface area contributed by atoms with E-state index in [1.54, 1.807) is 7.11 Å². The van der Waals surface area contributed by atoms with Gasteiger partial charge in [0.1, 0.15) is 5.82 Å². The molecule has 1 atom stereocenters. The number of aromatic hydroxyl groups is 1. The second-order valence-electron chi connectivity index (χ2n) is 10.9. The fourth-order valence-electron chi connectivity index (χ4n) is 6.71. The Hall–Kier alpha value is -4.20. The van der Waals surface area contributed by atoms with Crippen LogP contribution in [0.4, 0.5) is 0 Å². The van der Waals surface area contributed by atoms with E-state index < -0.39 is 0 Å². The van der Waals surface area contributed by atoms with E-state index in [1.165, 1.54) is 11.1 Å². The molecule has 0 amide bonds. The van der Waals surface area contributed by atoms with Crippen LogP contribution in [0.5, 0.6) is 23.0 Å². The Bertz CT molecular complexity index is 1850. The highest BCUT2D eigenvalue weighted by atomic mass is 35.5. The Morgan fingerprint density at radius 3 is 2.68 bits per heavy atom. The van der Waals surface area contributed by atoms with Crippen LogP contribution in [0.15, 0.2) is 66.7 Å². The number of aromatic nitrogens is 2. The van der Waals surface area contributed by atoms with E-state index in [2.05, 4.69) is 33.7 Å². The van der Waals surface area contributed by atoms with Crippen LogP contribution in [-0.2, 0) is 25.9 Å². The van der Waals surface area contributed by atoms with E-state index in [-0.39, 0.29) is 18.6 Å². The van der Waals surface area contributed by atoms with Crippen LogP contribution in [0, 0.1) is 0 Å². The van der Waals surface area contributed by atoms with Gasteiger partial charge in [0.15, 0.2) is 23.0 Å². The van der Waals surface area contributed by atoms with Crippen LogP contribution in [0.2, 0.25) is 5.02 Å². The number of benzene rings is 4. The number of methoxy groups -OCH3 is 1. The van der Waals surface area contributed by atoms with Gasteiger partial charge >= 0.3 is 0 Å². The zero-order valence-corrected chi connectivity index (χ0v) is 23.3. The first kappa shape index (κ1) is 24.6. The molecule has 3 aliphatic rings. The van der Waals surface area contributed by atoms with Gasteiger partial charge in [-0.1, -0.05) is 41.9 Å². The van der Waals surface area contributed by atoms with E-state index >= 15 is 0 Å². The molecule has 8 rings (SSSR count). The summed E-state index contributed by atoms with van der Waals surface area (Å²) < 4.78 is 19.4. The Balaban J connectivity index is 1.32. The van der Waals surface area contributed by atoms with Gasteiger partial charge in [0.2, 0.25) is 6.79 Å². The van der Waals surface area contributed by atoms with Crippen LogP contribution in [0.1, 0.15) is 33.9 Å². The predicted octanol–water partition coefficient (Wildman–Crippen LogP) is 6.50. The minimum absolute atomic E-state index is 0.147. The molecule has 7 nitrogen and oxygen atoms in total. The topological polar surface area (TPSA) is 69.0 Å². The van der Waals surface area contributed by atoms with Crippen molar-refractivity contribution < 1.29 is 19.3 Å². The maximum absolute atomic E-state index is 11.4. The number of hydrogen-bond acceptors (Lipinski definition) is 6. The van der Waals surface area contributed by atoms with E-state index in [9.17, 15) is 5.11 Å². The highest BCUT2D eigenvalue weighted by molar-refractivity contribution is 6.31. The van der Waals surface area contributed by atoms with Crippen molar-refractivity contribution in [2.45, 2.75) is 32.0 Å². The number of ether oxygens (including phenoxy) is 3. The first-order valence-corrected chi connectivity index (χ1v) is 14.2. The molecule has 3 aliphatic heterocycles. The van der Waals surface area contributed by atoms with Gasteiger partial charge in [-0.05, 0) is 71.5 Å². The Morgan fingerprint density at radius 2 is 1.83 bits per heavy atom. The standard InChI is InChI=1S/C33H28ClN3O4/c1-39-31-15-23(33-35-26-8-4-5-9-27(26)37(33)16-20-6-2-3-7-25(20)34)22-13-28-21-14-30-29(40-18-41-30)12-19(21)10-11-36(28)17-24(22)32(31)38/h2-9,12,14-15,28,38H,10-11,13,16-18H2,1H3. The van der Waals surface area contributed by atoms with Crippen molar-refractivity contribution in [3.63, 3.8) is 0 Å². The van der Waals surface area contributed by atoms with E-state index in [0.29, 0.717) is 18.8 Å². The van der Waals surface area contributed by atoms with Crippen molar-refractivity contribution >= 4 is 22.6 Å². The molecule has 0 radical (unpaired) electrons. The van der Waals surface area contributed by atoms with Crippen LogP contribution in [-0.4, -0.2) is 40.0 Å². The van der Waals surface area contributed by atoms with Crippen molar-refractivity contribution in [1.29, 1.82) is 0 Å². The summed E-state index contributed by atoms with van der Waals surface area (Å²) in [5.41, 5.74) is 8.45. The molecule has 0 fully saturated rings. The van der Waals surface area contributed by atoms with Crippen molar-refractivity contribution in [2.24, 2.45) is 0 Å². The van der Waals surface area contributed by atoms with Gasteiger partial charge in [-0.25, -0.2) is 4.98 Å². The molecule has 0 bridgehead atoms. The molecule has 41 heavy (non-hydrogen) atoms. The quantitative estimate of drug-likeness (QED) is 0.268.